The second-order valence-electron chi connectivity index (χ2n) is 3.25. The number of nitrogens with zero attached hydrogens (tertiary/aromatic N) is 2. The van der Waals surface area contributed by atoms with E-state index in [9.17, 15) is 12.8 Å². The van der Waals surface area contributed by atoms with Gasteiger partial charge in [0.15, 0.2) is 0 Å². The molecule has 0 unspecified atom stereocenters. The zero-order valence-electron chi connectivity index (χ0n) is 8.84. The number of rotatable bonds is 3. The first-order valence-corrected chi connectivity index (χ1v) is 7.01. The van der Waals surface area contributed by atoms with E-state index in [0.29, 0.717) is 0 Å². The molecule has 0 saturated heterocycles. The van der Waals surface area contributed by atoms with Gasteiger partial charge in [0, 0.05) is 12.4 Å². The molecule has 0 aliphatic carbocycles. The molecule has 8 heteroatoms. The van der Waals surface area contributed by atoms with Crippen molar-refractivity contribution in [1.29, 1.82) is 0 Å². The van der Waals surface area contributed by atoms with Crippen molar-refractivity contribution in [2.75, 3.05) is 4.72 Å². The Labute approximate surface area is 111 Å². The molecule has 5 nitrogen and oxygen atoms in total. The average Bonchev–Trinajstić information content (AvgIpc) is 2.33. The summed E-state index contributed by atoms with van der Waals surface area (Å²) in [7, 11) is -3.82. The van der Waals surface area contributed by atoms with Crippen LogP contribution in [0.25, 0.3) is 0 Å². The Balaban J connectivity index is 2.34. The van der Waals surface area contributed by atoms with Crippen LogP contribution in [0.4, 0.5) is 10.3 Å². The van der Waals surface area contributed by atoms with Crippen LogP contribution in [0.1, 0.15) is 0 Å². The summed E-state index contributed by atoms with van der Waals surface area (Å²) < 4.78 is 39.1. The molecule has 18 heavy (non-hydrogen) atoms. The van der Waals surface area contributed by atoms with E-state index in [0.717, 1.165) is 12.1 Å². The lowest BCUT2D eigenvalue weighted by Crippen LogP contribution is -2.14. The van der Waals surface area contributed by atoms with Gasteiger partial charge in [-0.15, -0.1) is 0 Å². The van der Waals surface area contributed by atoms with Crippen LogP contribution in [-0.4, -0.2) is 18.4 Å². The number of nitrogens with one attached hydrogen (secondary N) is 1. The molecule has 0 aliphatic rings. The number of benzene rings is 1. The highest BCUT2D eigenvalue weighted by Crippen LogP contribution is 2.21. The summed E-state index contributed by atoms with van der Waals surface area (Å²) in [4.78, 5) is 7.40. The van der Waals surface area contributed by atoms with Crippen molar-refractivity contribution in [2.24, 2.45) is 0 Å². The second-order valence-corrected chi connectivity index (χ2v) is 5.79. The van der Waals surface area contributed by atoms with E-state index < -0.39 is 15.8 Å². The van der Waals surface area contributed by atoms with Gasteiger partial charge in [-0.3, -0.25) is 0 Å². The van der Waals surface area contributed by atoms with Crippen molar-refractivity contribution < 1.29 is 12.8 Å². The molecular formula is C10H7BrFN3O2S. The van der Waals surface area contributed by atoms with E-state index in [4.69, 9.17) is 0 Å². The van der Waals surface area contributed by atoms with Gasteiger partial charge in [0.25, 0.3) is 10.0 Å². The first-order valence-electron chi connectivity index (χ1n) is 4.74. The third kappa shape index (κ3) is 2.82. The molecule has 0 fully saturated rings. The Kier molecular flexibility index (Phi) is 3.58. The normalized spacial score (nSPS) is 11.2. The van der Waals surface area contributed by atoms with E-state index >= 15 is 0 Å². The zero-order valence-corrected chi connectivity index (χ0v) is 11.2. The fourth-order valence-electron chi connectivity index (χ4n) is 1.17. The predicted octanol–water partition coefficient (Wildman–Crippen LogP) is 2.18. The molecule has 0 aliphatic heterocycles. The van der Waals surface area contributed by atoms with Gasteiger partial charge in [0.05, 0.1) is 9.37 Å². The summed E-state index contributed by atoms with van der Waals surface area (Å²) in [6, 6.07) is 4.95. The Morgan fingerprint density at radius 3 is 2.50 bits per heavy atom. The van der Waals surface area contributed by atoms with Gasteiger partial charge in [0.2, 0.25) is 5.95 Å². The van der Waals surface area contributed by atoms with Crippen LogP contribution in [0, 0.1) is 5.82 Å². The topological polar surface area (TPSA) is 72.0 Å². The molecule has 0 saturated carbocycles. The summed E-state index contributed by atoms with van der Waals surface area (Å²) in [6.45, 7) is 0. The van der Waals surface area contributed by atoms with Crippen LogP contribution >= 0.6 is 15.9 Å². The minimum absolute atomic E-state index is 0.0436. The number of hydrogen-bond donors (Lipinski definition) is 1. The number of anilines is 1. The maximum Gasteiger partial charge on any atom is 0.264 e. The molecule has 0 amide bonds. The maximum absolute atomic E-state index is 13.0. The van der Waals surface area contributed by atoms with Gasteiger partial charge in [-0.2, -0.15) is 0 Å². The Morgan fingerprint density at radius 2 is 1.89 bits per heavy atom. The van der Waals surface area contributed by atoms with Crippen LogP contribution in [0.3, 0.4) is 0 Å². The summed E-state index contributed by atoms with van der Waals surface area (Å²) in [5.74, 6) is -0.581. The van der Waals surface area contributed by atoms with E-state index in [1.807, 2.05) is 0 Å². The van der Waals surface area contributed by atoms with Crippen LogP contribution < -0.4 is 4.72 Å². The lowest BCUT2D eigenvalue weighted by atomic mass is 10.3. The van der Waals surface area contributed by atoms with Crippen molar-refractivity contribution >= 4 is 31.9 Å². The number of sulfonamides is 1. The molecular weight excluding hydrogens is 325 g/mol. The van der Waals surface area contributed by atoms with Crippen LogP contribution in [-0.2, 0) is 10.0 Å². The maximum atomic E-state index is 13.0. The second kappa shape index (κ2) is 4.99. The smallest absolute Gasteiger partial charge is 0.247 e. The van der Waals surface area contributed by atoms with Crippen molar-refractivity contribution in [2.45, 2.75) is 4.90 Å². The minimum Gasteiger partial charge on any atom is -0.247 e. The van der Waals surface area contributed by atoms with Gasteiger partial charge < -0.3 is 0 Å². The van der Waals surface area contributed by atoms with E-state index in [2.05, 4.69) is 30.6 Å². The molecule has 1 heterocycles. The summed E-state index contributed by atoms with van der Waals surface area (Å²) in [6.07, 6.45) is 2.82. The minimum atomic E-state index is -3.82. The fourth-order valence-corrected chi connectivity index (χ4v) is 2.69. The van der Waals surface area contributed by atoms with Crippen molar-refractivity contribution in [3.05, 3.63) is 46.9 Å². The van der Waals surface area contributed by atoms with E-state index in [1.54, 1.807) is 6.07 Å². The molecule has 0 spiro atoms. The quantitative estimate of drug-likeness (QED) is 0.935. The largest absolute Gasteiger partial charge is 0.264 e. The molecule has 0 bridgehead atoms. The van der Waals surface area contributed by atoms with Crippen molar-refractivity contribution in [1.82, 2.24) is 9.97 Å². The lowest BCUT2D eigenvalue weighted by Gasteiger charge is -2.06. The van der Waals surface area contributed by atoms with Crippen LogP contribution in [0.5, 0.6) is 0 Å². The molecule has 0 radical (unpaired) electrons. The molecule has 2 rings (SSSR count). The van der Waals surface area contributed by atoms with Crippen molar-refractivity contribution in [3.8, 4) is 0 Å². The monoisotopic (exact) mass is 331 g/mol. The van der Waals surface area contributed by atoms with Gasteiger partial charge in [-0.1, -0.05) is 0 Å². The number of hydrogen-bond acceptors (Lipinski definition) is 4. The van der Waals surface area contributed by atoms with Gasteiger partial charge in [-0.05, 0) is 40.2 Å². The summed E-state index contributed by atoms with van der Waals surface area (Å²) in [5.41, 5.74) is 0. The SMILES string of the molecule is O=S(=O)(Nc1ncccn1)c1ccc(F)c(Br)c1. The zero-order chi connectivity index (χ0) is 13.2. The third-order valence-electron chi connectivity index (χ3n) is 1.99. The highest BCUT2D eigenvalue weighted by atomic mass is 79.9. The van der Waals surface area contributed by atoms with E-state index in [1.165, 1.54) is 18.5 Å². The van der Waals surface area contributed by atoms with Gasteiger partial charge in [0.1, 0.15) is 5.82 Å². The molecule has 94 valence electrons. The highest BCUT2D eigenvalue weighted by Gasteiger charge is 2.16. The number of aromatic nitrogens is 2. The first-order chi connectivity index (χ1) is 8.49. The standard InChI is InChI=1S/C10H7BrFN3O2S/c11-8-6-7(2-3-9(8)12)18(16,17)15-10-13-4-1-5-14-10/h1-6H,(H,13,14,15). The third-order valence-corrected chi connectivity index (χ3v) is 3.93. The Bertz CT molecular complexity index is 664. The molecule has 0 atom stereocenters. The average molecular weight is 332 g/mol. The molecule has 1 aromatic carbocycles. The number of halogens is 2. The van der Waals surface area contributed by atoms with Gasteiger partial charge >= 0.3 is 0 Å². The fraction of sp³-hybridized carbons (Fsp3) is 0. The van der Waals surface area contributed by atoms with Crippen molar-refractivity contribution in [3.63, 3.8) is 0 Å². The highest BCUT2D eigenvalue weighted by molar-refractivity contribution is 9.10. The summed E-state index contributed by atoms with van der Waals surface area (Å²) >= 11 is 2.93. The van der Waals surface area contributed by atoms with Crippen LogP contribution in [0.15, 0.2) is 46.0 Å². The molecule has 1 N–H and O–H groups in total. The Morgan fingerprint density at radius 1 is 1.22 bits per heavy atom. The Hall–Kier alpha value is -1.54. The molecule has 1 aromatic heterocycles. The first kappa shape index (κ1) is 12.9. The predicted molar refractivity (Wildman–Crippen MR) is 66.9 cm³/mol. The van der Waals surface area contributed by atoms with Crippen LogP contribution in [0.2, 0.25) is 0 Å². The lowest BCUT2D eigenvalue weighted by molar-refractivity contribution is 0.598. The molecule has 2 aromatic rings. The van der Waals surface area contributed by atoms with Gasteiger partial charge in [-0.25, -0.2) is 27.5 Å². The van der Waals surface area contributed by atoms with E-state index in [-0.39, 0.29) is 15.3 Å². The summed E-state index contributed by atoms with van der Waals surface area (Å²) in [5, 5.41) is 0.